The molecule has 0 aliphatic rings. The number of carbonyl (C=O) groups is 2. The molecule has 0 saturated heterocycles. The number of amides is 2. The number of aliphatic hydroxyl groups excluding tert-OH is 1. The summed E-state index contributed by atoms with van der Waals surface area (Å²) in [5, 5.41) is 12.2. The standard InChI is InChI=1S/C15H21ClN2O3/c1-10(19)8-9-18(3)15(21)11(2)17-14(20)12-6-4-5-7-13(12)16/h4-7,10-11,19H,8-9H2,1-3H3,(H,17,20). The van der Waals surface area contributed by atoms with Crippen molar-refractivity contribution in [3.8, 4) is 0 Å². The largest absolute Gasteiger partial charge is 0.393 e. The van der Waals surface area contributed by atoms with Gasteiger partial charge in [-0.3, -0.25) is 9.59 Å². The minimum absolute atomic E-state index is 0.212. The van der Waals surface area contributed by atoms with Crippen LogP contribution in [0.5, 0.6) is 0 Å². The number of hydrogen-bond acceptors (Lipinski definition) is 3. The molecule has 1 aromatic carbocycles. The van der Waals surface area contributed by atoms with Crippen molar-refractivity contribution in [2.24, 2.45) is 0 Å². The molecule has 2 unspecified atom stereocenters. The number of carbonyl (C=O) groups excluding carboxylic acids is 2. The van der Waals surface area contributed by atoms with Crippen LogP contribution >= 0.6 is 11.6 Å². The van der Waals surface area contributed by atoms with Gasteiger partial charge in [0, 0.05) is 13.6 Å². The number of nitrogens with one attached hydrogen (secondary N) is 1. The molecule has 2 amide bonds. The minimum atomic E-state index is -0.659. The van der Waals surface area contributed by atoms with Gasteiger partial charge in [-0.05, 0) is 32.4 Å². The van der Waals surface area contributed by atoms with Crippen LogP contribution in [0.1, 0.15) is 30.6 Å². The molecule has 5 nitrogen and oxygen atoms in total. The molecular formula is C15H21ClN2O3. The number of hydrogen-bond donors (Lipinski definition) is 2. The molecule has 0 aliphatic heterocycles. The van der Waals surface area contributed by atoms with Crippen LogP contribution in [-0.4, -0.2) is 47.6 Å². The topological polar surface area (TPSA) is 69.6 Å². The highest BCUT2D eigenvalue weighted by atomic mass is 35.5. The van der Waals surface area contributed by atoms with Gasteiger partial charge in [-0.1, -0.05) is 23.7 Å². The average molecular weight is 313 g/mol. The molecule has 2 N–H and O–H groups in total. The Morgan fingerprint density at radius 2 is 1.95 bits per heavy atom. The lowest BCUT2D eigenvalue weighted by Gasteiger charge is -2.22. The number of halogens is 1. The first-order chi connectivity index (χ1) is 9.82. The van der Waals surface area contributed by atoms with Crippen LogP contribution in [0.3, 0.4) is 0 Å². The zero-order chi connectivity index (χ0) is 16.0. The highest BCUT2D eigenvalue weighted by Crippen LogP contribution is 2.14. The van der Waals surface area contributed by atoms with Crippen LogP contribution in [0.25, 0.3) is 0 Å². The van der Waals surface area contributed by atoms with E-state index in [2.05, 4.69) is 5.32 Å². The van der Waals surface area contributed by atoms with E-state index in [0.717, 1.165) is 0 Å². The number of aliphatic hydroxyl groups is 1. The van der Waals surface area contributed by atoms with Crippen LogP contribution in [-0.2, 0) is 4.79 Å². The Morgan fingerprint density at radius 3 is 2.52 bits per heavy atom. The van der Waals surface area contributed by atoms with Gasteiger partial charge in [-0.25, -0.2) is 0 Å². The van der Waals surface area contributed by atoms with E-state index in [9.17, 15) is 14.7 Å². The summed E-state index contributed by atoms with van der Waals surface area (Å²) in [5.74, 6) is -0.596. The van der Waals surface area contributed by atoms with E-state index >= 15 is 0 Å². The molecule has 0 aliphatic carbocycles. The maximum Gasteiger partial charge on any atom is 0.253 e. The molecule has 116 valence electrons. The van der Waals surface area contributed by atoms with Crippen molar-refractivity contribution in [1.82, 2.24) is 10.2 Å². The molecule has 6 heteroatoms. The van der Waals surface area contributed by atoms with E-state index in [4.69, 9.17) is 11.6 Å². The monoisotopic (exact) mass is 312 g/mol. The minimum Gasteiger partial charge on any atom is -0.393 e. The SMILES string of the molecule is CC(O)CCN(C)C(=O)C(C)NC(=O)c1ccccc1Cl. The lowest BCUT2D eigenvalue weighted by atomic mass is 10.2. The van der Waals surface area contributed by atoms with Crippen molar-refractivity contribution < 1.29 is 14.7 Å². The third-order valence-electron chi connectivity index (χ3n) is 3.10. The Hall–Kier alpha value is -1.59. The van der Waals surface area contributed by atoms with Crippen LogP contribution < -0.4 is 5.32 Å². The second kappa shape index (κ2) is 8.00. The fraction of sp³-hybridized carbons (Fsp3) is 0.467. The Bertz CT molecular complexity index is 505. The predicted molar refractivity (Wildman–Crippen MR) is 82.3 cm³/mol. The third-order valence-corrected chi connectivity index (χ3v) is 3.42. The summed E-state index contributed by atoms with van der Waals surface area (Å²) < 4.78 is 0. The van der Waals surface area contributed by atoms with Gasteiger partial charge in [0.2, 0.25) is 5.91 Å². The lowest BCUT2D eigenvalue weighted by molar-refractivity contribution is -0.131. The Morgan fingerprint density at radius 1 is 1.33 bits per heavy atom. The maximum absolute atomic E-state index is 12.1. The number of rotatable bonds is 6. The third kappa shape index (κ3) is 5.36. The van der Waals surface area contributed by atoms with Gasteiger partial charge in [0.1, 0.15) is 6.04 Å². The number of likely N-dealkylation sites (N-methyl/N-ethyl adjacent to an activating group) is 1. The molecule has 0 spiro atoms. The summed E-state index contributed by atoms with van der Waals surface area (Å²) in [6.45, 7) is 3.72. The fourth-order valence-corrected chi connectivity index (χ4v) is 2.02. The molecule has 0 aromatic heterocycles. The second-order valence-electron chi connectivity index (χ2n) is 5.07. The molecule has 1 rings (SSSR count). The van der Waals surface area contributed by atoms with E-state index in [-0.39, 0.29) is 11.8 Å². The molecule has 1 aromatic rings. The average Bonchev–Trinajstić information content (AvgIpc) is 2.44. The summed E-state index contributed by atoms with van der Waals surface area (Å²) in [4.78, 5) is 25.7. The van der Waals surface area contributed by atoms with Crippen LogP contribution in [0.15, 0.2) is 24.3 Å². The van der Waals surface area contributed by atoms with E-state index in [1.165, 1.54) is 4.90 Å². The molecule has 0 radical (unpaired) electrons. The van der Waals surface area contributed by atoms with Crippen molar-refractivity contribution in [2.75, 3.05) is 13.6 Å². The number of benzene rings is 1. The Kier molecular flexibility index (Phi) is 6.65. The van der Waals surface area contributed by atoms with Gasteiger partial charge in [0.15, 0.2) is 0 Å². The van der Waals surface area contributed by atoms with Gasteiger partial charge >= 0.3 is 0 Å². The zero-order valence-electron chi connectivity index (χ0n) is 12.5. The summed E-state index contributed by atoms with van der Waals surface area (Å²) in [5.41, 5.74) is 0.338. The maximum atomic E-state index is 12.1. The van der Waals surface area contributed by atoms with E-state index in [1.807, 2.05) is 0 Å². The van der Waals surface area contributed by atoms with Gasteiger partial charge in [0.25, 0.3) is 5.91 Å². The molecule has 0 saturated carbocycles. The molecule has 0 bridgehead atoms. The van der Waals surface area contributed by atoms with Crippen LogP contribution in [0, 0.1) is 0 Å². The molecule has 21 heavy (non-hydrogen) atoms. The quantitative estimate of drug-likeness (QED) is 0.840. The van der Waals surface area contributed by atoms with Crippen molar-refractivity contribution in [1.29, 1.82) is 0 Å². The summed E-state index contributed by atoms with van der Waals surface area (Å²) in [7, 11) is 1.64. The normalized spacial score (nSPS) is 13.4. The number of nitrogens with zero attached hydrogens (tertiary/aromatic N) is 1. The predicted octanol–water partition coefficient (Wildman–Crippen LogP) is 1.69. The second-order valence-corrected chi connectivity index (χ2v) is 5.48. The molecule has 0 heterocycles. The van der Waals surface area contributed by atoms with E-state index in [1.54, 1.807) is 45.2 Å². The fourth-order valence-electron chi connectivity index (χ4n) is 1.80. The van der Waals surface area contributed by atoms with Crippen molar-refractivity contribution in [2.45, 2.75) is 32.4 Å². The van der Waals surface area contributed by atoms with Crippen molar-refractivity contribution in [3.63, 3.8) is 0 Å². The first-order valence-corrected chi connectivity index (χ1v) is 7.19. The van der Waals surface area contributed by atoms with E-state index < -0.39 is 12.1 Å². The van der Waals surface area contributed by atoms with Gasteiger partial charge in [0.05, 0.1) is 16.7 Å². The summed E-state index contributed by atoms with van der Waals surface area (Å²) in [6, 6.07) is 6.01. The highest BCUT2D eigenvalue weighted by Gasteiger charge is 2.21. The lowest BCUT2D eigenvalue weighted by Crippen LogP contribution is -2.46. The van der Waals surface area contributed by atoms with Gasteiger partial charge in [-0.2, -0.15) is 0 Å². The van der Waals surface area contributed by atoms with Crippen molar-refractivity contribution in [3.05, 3.63) is 34.9 Å². The summed E-state index contributed by atoms with van der Waals surface area (Å²) >= 11 is 5.95. The Balaban J connectivity index is 2.60. The smallest absolute Gasteiger partial charge is 0.253 e. The van der Waals surface area contributed by atoms with Crippen LogP contribution in [0.2, 0.25) is 5.02 Å². The van der Waals surface area contributed by atoms with Crippen LogP contribution in [0.4, 0.5) is 0 Å². The first-order valence-electron chi connectivity index (χ1n) is 6.81. The highest BCUT2D eigenvalue weighted by molar-refractivity contribution is 6.33. The molecular weight excluding hydrogens is 292 g/mol. The molecule has 2 atom stereocenters. The van der Waals surface area contributed by atoms with Gasteiger partial charge in [-0.15, -0.1) is 0 Å². The zero-order valence-corrected chi connectivity index (χ0v) is 13.2. The molecule has 0 fully saturated rings. The van der Waals surface area contributed by atoms with Crippen molar-refractivity contribution >= 4 is 23.4 Å². The van der Waals surface area contributed by atoms with Gasteiger partial charge < -0.3 is 15.3 Å². The first kappa shape index (κ1) is 17.5. The Labute approximate surface area is 129 Å². The van der Waals surface area contributed by atoms with E-state index in [0.29, 0.717) is 23.6 Å². The summed E-state index contributed by atoms with van der Waals surface area (Å²) in [6.07, 6.45) is 0.0289.